The van der Waals surface area contributed by atoms with Crippen LogP contribution in [0.15, 0.2) is 0 Å². The second kappa shape index (κ2) is 2.25. The summed E-state index contributed by atoms with van der Waals surface area (Å²) in [4.78, 5) is 2.85. The maximum absolute atomic E-state index is 7.15. The fraction of sp³-hybridized carbons (Fsp3) is 0. The summed E-state index contributed by atoms with van der Waals surface area (Å²) in [6.45, 7) is 0. The van der Waals surface area contributed by atoms with Crippen LogP contribution in [-0.2, 0) is 4.84 Å². The quantitative estimate of drug-likeness (QED) is 0.276. The molecule has 0 unspecified atom stereocenters. The van der Waals surface area contributed by atoms with Gasteiger partial charge in [0.1, 0.15) is 5.90 Å². The Bertz CT molecular complexity index is 35.8. The van der Waals surface area contributed by atoms with Crippen LogP contribution in [0.5, 0.6) is 0 Å². The van der Waals surface area contributed by atoms with Gasteiger partial charge >= 0.3 is 6.26 Å². The third-order valence-corrected chi connectivity index (χ3v) is 0.0408. The van der Waals surface area contributed by atoms with Gasteiger partial charge in [-0.3, -0.25) is 4.84 Å². The summed E-state index contributed by atoms with van der Waals surface area (Å²) < 4.78 is 0. The maximum Gasteiger partial charge on any atom is 0.310 e. The molecule has 0 aromatic heterocycles. The van der Waals surface area contributed by atoms with Crippen molar-refractivity contribution in [2.45, 2.75) is 0 Å². The molecular formula is CN2O. The van der Waals surface area contributed by atoms with Gasteiger partial charge in [0.25, 0.3) is 0 Å². The van der Waals surface area contributed by atoms with E-state index in [2.05, 4.69) is 4.84 Å². The molecule has 3 heteroatoms. The average Bonchev–Trinajstić information content (AvgIpc) is 1.37. The molecule has 2 radical (unpaired) electrons. The van der Waals surface area contributed by atoms with E-state index in [9.17, 15) is 0 Å². The number of rotatable bonds is 0. The van der Waals surface area contributed by atoms with E-state index in [4.69, 9.17) is 11.2 Å². The first kappa shape index (κ1) is 3.25. The molecule has 0 heterocycles. The molecule has 0 N–H and O–H groups in total. The molecule has 0 atom stereocenters. The topological polar surface area (TPSA) is 55.3 Å². The minimum atomic E-state index is 0.986. The number of hydrogen-bond acceptors (Lipinski definition) is 2. The van der Waals surface area contributed by atoms with Gasteiger partial charge in [-0.2, -0.15) is 0 Å². The minimum Gasteiger partial charge on any atom is -0.286 e. The van der Waals surface area contributed by atoms with Gasteiger partial charge in [-0.15, -0.1) is 5.26 Å². The third-order valence-electron chi connectivity index (χ3n) is 0.0408. The van der Waals surface area contributed by atoms with Crippen molar-refractivity contribution in [1.29, 1.82) is 5.26 Å². The van der Waals surface area contributed by atoms with Crippen molar-refractivity contribution < 1.29 is 4.84 Å². The molecular weight excluding hydrogens is 56.0 g/mol. The van der Waals surface area contributed by atoms with Crippen LogP contribution in [0.4, 0.5) is 0 Å². The third kappa shape index (κ3) is 1.25. The first-order valence-corrected chi connectivity index (χ1v) is 0.610. The van der Waals surface area contributed by atoms with Crippen LogP contribution in [-0.4, -0.2) is 0 Å². The molecule has 0 fully saturated rings. The Kier molecular flexibility index (Phi) is 1.83. The zero-order valence-electron chi connectivity index (χ0n) is 1.80. The Morgan fingerprint density at radius 2 is 2.00 bits per heavy atom. The zero-order valence-corrected chi connectivity index (χ0v) is 1.80. The Morgan fingerprint density at radius 3 is 2.00 bits per heavy atom. The van der Waals surface area contributed by atoms with E-state index in [0.717, 1.165) is 6.26 Å². The van der Waals surface area contributed by atoms with Crippen LogP contribution in [0.1, 0.15) is 0 Å². The van der Waals surface area contributed by atoms with Crippen molar-refractivity contribution in [2.24, 2.45) is 0 Å². The molecule has 0 aliphatic rings. The van der Waals surface area contributed by atoms with Crippen molar-refractivity contribution in [3.05, 3.63) is 0 Å². The smallest absolute Gasteiger partial charge is 0.286 e. The monoisotopic (exact) mass is 56.0 g/mol. The number of nitrogens with zero attached hydrogens (tertiary/aromatic N) is 2. The van der Waals surface area contributed by atoms with Gasteiger partial charge in [0.15, 0.2) is 0 Å². The van der Waals surface area contributed by atoms with Crippen molar-refractivity contribution in [3.63, 3.8) is 0 Å². The van der Waals surface area contributed by atoms with E-state index in [1.807, 2.05) is 0 Å². The molecule has 0 aliphatic carbocycles. The first-order valence-electron chi connectivity index (χ1n) is 0.610. The second-order valence-corrected chi connectivity index (χ2v) is 0.183. The lowest BCUT2D eigenvalue weighted by Crippen LogP contribution is -1.63. The molecule has 20 valence electrons. The molecule has 0 aromatic rings. The average molecular weight is 56.0 g/mol. The van der Waals surface area contributed by atoms with Gasteiger partial charge < -0.3 is 0 Å². The zero-order chi connectivity index (χ0) is 3.41. The Morgan fingerprint density at radius 1 is 1.75 bits per heavy atom. The summed E-state index contributed by atoms with van der Waals surface area (Å²) in [6, 6.07) is 0. The van der Waals surface area contributed by atoms with E-state index in [1.54, 1.807) is 0 Å². The summed E-state index contributed by atoms with van der Waals surface area (Å²) in [7, 11) is 0. The fourth-order valence-electron chi connectivity index (χ4n) is 0. The van der Waals surface area contributed by atoms with Crippen molar-refractivity contribution in [1.82, 2.24) is 5.90 Å². The van der Waals surface area contributed by atoms with Gasteiger partial charge in [0.2, 0.25) is 0 Å². The Labute approximate surface area is 23.5 Å². The van der Waals surface area contributed by atoms with Crippen LogP contribution >= 0.6 is 0 Å². The molecule has 4 heavy (non-hydrogen) atoms. The normalized spacial score (nSPS) is 4.00. The van der Waals surface area contributed by atoms with Crippen LogP contribution in [0.25, 0.3) is 0 Å². The molecule has 3 nitrogen and oxygen atoms in total. The lowest BCUT2D eigenvalue weighted by Gasteiger charge is -1.52. The minimum absolute atomic E-state index is 0.986. The van der Waals surface area contributed by atoms with Crippen LogP contribution < -0.4 is 5.90 Å². The van der Waals surface area contributed by atoms with Crippen LogP contribution in [0.3, 0.4) is 0 Å². The lowest BCUT2D eigenvalue weighted by molar-refractivity contribution is 0.258. The lowest BCUT2D eigenvalue weighted by atomic mass is 11.6. The molecule has 0 saturated heterocycles. The molecule has 0 rings (SSSR count). The van der Waals surface area contributed by atoms with Crippen molar-refractivity contribution in [3.8, 4) is 6.26 Å². The summed E-state index contributed by atoms with van der Waals surface area (Å²) in [5.41, 5.74) is 0. The second-order valence-electron chi connectivity index (χ2n) is 0.183. The van der Waals surface area contributed by atoms with Gasteiger partial charge in [-0.05, 0) is 0 Å². The van der Waals surface area contributed by atoms with E-state index in [1.165, 1.54) is 0 Å². The van der Waals surface area contributed by atoms with E-state index in [-0.39, 0.29) is 0 Å². The van der Waals surface area contributed by atoms with Gasteiger partial charge in [-0.25, -0.2) is 0 Å². The molecule has 0 amide bonds. The highest BCUT2D eigenvalue weighted by Gasteiger charge is 1.48. The number of nitriles is 1. The predicted molar refractivity (Wildman–Crippen MR) is 8.83 cm³/mol. The summed E-state index contributed by atoms with van der Waals surface area (Å²) in [5, 5.41) is 7.15. The molecule has 0 aromatic carbocycles. The Hall–Kier alpha value is -0.750. The van der Waals surface area contributed by atoms with Crippen molar-refractivity contribution >= 4 is 0 Å². The highest BCUT2D eigenvalue weighted by molar-refractivity contribution is 4.37. The fourth-order valence-corrected chi connectivity index (χ4v) is 0. The highest BCUT2D eigenvalue weighted by Crippen LogP contribution is 1.37. The molecule has 0 saturated carbocycles. The van der Waals surface area contributed by atoms with E-state index < -0.39 is 0 Å². The molecule has 0 spiro atoms. The van der Waals surface area contributed by atoms with Crippen molar-refractivity contribution in [2.75, 3.05) is 0 Å². The maximum atomic E-state index is 7.15. The van der Waals surface area contributed by atoms with Gasteiger partial charge in [-0.1, -0.05) is 0 Å². The largest absolute Gasteiger partial charge is 0.310 e. The highest BCUT2D eigenvalue weighted by atomic mass is 16.6. The SMILES string of the molecule is [N]OC#N. The van der Waals surface area contributed by atoms with Crippen LogP contribution in [0, 0.1) is 11.5 Å². The van der Waals surface area contributed by atoms with E-state index >= 15 is 0 Å². The van der Waals surface area contributed by atoms with Gasteiger partial charge in [0.05, 0.1) is 0 Å². The standard InChI is InChI=1S/CN2O/c2-1-4-3. The summed E-state index contributed by atoms with van der Waals surface area (Å²) in [6.07, 6.45) is 0.986. The van der Waals surface area contributed by atoms with E-state index in [0.29, 0.717) is 0 Å². The van der Waals surface area contributed by atoms with Crippen LogP contribution in [0.2, 0.25) is 0 Å². The molecule has 0 bridgehead atoms. The summed E-state index contributed by atoms with van der Waals surface area (Å²) in [5.74, 6) is 7.01. The molecule has 0 aliphatic heterocycles. The predicted octanol–water partition coefficient (Wildman–Crippen LogP) is -0.532. The Balaban J connectivity index is 2.43. The van der Waals surface area contributed by atoms with Gasteiger partial charge in [0, 0.05) is 0 Å². The number of hydrogen-bond donors (Lipinski definition) is 0. The first-order chi connectivity index (χ1) is 1.91. The summed E-state index contributed by atoms with van der Waals surface area (Å²) >= 11 is 0.